The molecule has 1 fully saturated rings. The molecule has 3 N–H and O–H groups in total. The van der Waals surface area contributed by atoms with Gasteiger partial charge in [-0.05, 0) is 37.7 Å². The van der Waals surface area contributed by atoms with Gasteiger partial charge in [-0.2, -0.15) is 0 Å². The van der Waals surface area contributed by atoms with E-state index >= 15 is 0 Å². The minimum atomic E-state index is -1.10. The number of amides is 3. The molecular formula is C20H27N3O4. The van der Waals surface area contributed by atoms with Crippen LogP contribution in [0.1, 0.15) is 31.2 Å². The molecule has 3 amide bonds. The summed E-state index contributed by atoms with van der Waals surface area (Å²) in [6.07, 6.45) is 3.52. The molecular weight excluding hydrogens is 346 g/mol. The topological polar surface area (TPSA) is 98.7 Å². The fraction of sp³-hybridized carbons (Fsp3) is 0.450. The summed E-state index contributed by atoms with van der Waals surface area (Å²) < 4.78 is 0. The van der Waals surface area contributed by atoms with Gasteiger partial charge >= 0.3 is 6.09 Å². The predicted molar refractivity (Wildman–Crippen MR) is 102 cm³/mol. The highest BCUT2D eigenvalue weighted by molar-refractivity contribution is 5.91. The number of aryl methyl sites for hydroxylation is 1. The van der Waals surface area contributed by atoms with Gasteiger partial charge in [0.2, 0.25) is 11.8 Å². The molecule has 1 heterocycles. The lowest BCUT2D eigenvalue weighted by atomic mass is 10.00. The van der Waals surface area contributed by atoms with E-state index in [0.29, 0.717) is 32.4 Å². The van der Waals surface area contributed by atoms with E-state index in [1.165, 1.54) is 0 Å². The smallest absolute Gasteiger partial charge is 0.407 e. The van der Waals surface area contributed by atoms with Crippen molar-refractivity contribution in [1.82, 2.24) is 15.5 Å². The number of carbonyl (C=O) groups is 3. The highest BCUT2D eigenvalue weighted by Crippen LogP contribution is 2.18. The fourth-order valence-electron chi connectivity index (χ4n) is 3.22. The number of piperidine rings is 1. The second-order valence-electron chi connectivity index (χ2n) is 6.61. The molecule has 0 bridgehead atoms. The first-order valence-electron chi connectivity index (χ1n) is 9.25. The van der Waals surface area contributed by atoms with Crippen LogP contribution in [0.5, 0.6) is 0 Å². The number of nitrogens with zero attached hydrogens (tertiary/aromatic N) is 1. The maximum atomic E-state index is 12.7. The highest BCUT2D eigenvalue weighted by atomic mass is 16.4. The molecule has 0 aliphatic carbocycles. The van der Waals surface area contributed by atoms with Gasteiger partial charge in [0.25, 0.3) is 0 Å². The number of nitrogens with one attached hydrogen (secondary N) is 2. The van der Waals surface area contributed by atoms with Crippen LogP contribution in [0, 0.1) is 0 Å². The summed E-state index contributed by atoms with van der Waals surface area (Å²) in [7, 11) is 0. The Bertz CT molecular complexity index is 662. The van der Waals surface area contributed by atoms with Crippen LogP contribution < -0.4 is 10.6 Å². The van der Waals surface area contributed by atoms with Crippen LogP contribution in [0.15, 0.2) is 43.0 Å². The van der Waals surface area contributed by atoms with E-state index in [-0.39, 0.29) is 5.91 Å². The lowest BCUT2D eigenvalue weighted by Gasteiger charge is -2.33. The van der Waals surface area contributed by atoms with Gasteiger partial charge in [0, 0.05) is 13.1 Å². The summed E-state index contributed by atoms with van der Waals surface area (Å²) in [6, 6.07) is 8.23. The van der Waals surface area contributed by atoms with E-state index < -0.39 is 24.1 Å². The van der Waals surface area contributed by atoms with Crippen molar-refractivity contribution in [2.24, 2.45) is 0 Å². The second-order valence-corrected chi connectivity index (χ2v) is 6.61. The van der Waals surface area contributed by atoms with Crippen LogP contribution in [-0.4, -0.2) is 53.1 Å². The van der Waals surface area contributed by atoms with Crippen LogP contribution in [0.2, 0.25) is 0 Å². The summed E-state index contributed by atoms with van der Waals surface area (Å²) in [5.41, 5.74) is 1.07. The van der Waals surface area contributed by atoms with E-state index in [1.54, 1.807) is 6.08 Å². The number of hydrogen-bond acceptors (Lipinski definition) is 3. The van der Waals surface area contributed by atoms with E-state index in [0.717, 1.165) is 23.3 Å². The van der Waals surface area contributed by atoms with Crippen LogP contribution >= 0.6 is 0 Å². The quantitative estimate of drug-likeness (QED) is 0.607. The number of carboxylic acid groups (broad SMARTS) is 1. The number of likely N-dealkylation sites (tertiary alicyclic amines) is 1. The lowest BCUT2D eigenvalue weighted by molar-refractivity contribution is -0.132. The van der Waals surface area contributed by atoms with Gasteiger partial charge in [0.15, 0.2) is 0 Å². The molecule has 7 heteroatoms. The Morgan fingerprint density at radius 1 is 1.26 bits per heavy atom. The third kappa shape index (κ3) is 6.13. The molecule has 1 aliphatic rings. The summed E-state index contributed by atoms with van der Waals surface area (Å²) in [5.74, 6) is -0.708. The number of rotatable bonds is 8. The van der Waals surface area contributed by atoms with Crippen molar-refractivity contribution < 1.29 is 19.5 Å². The number of hydrogen-bond donors (Lipinski definition) is 3. The molecule has 1 saturated heterocycles. The fourth-order valence-corrected chi connectivity index (χ4v) is 3.22. The van der Waals surface area contributed by atoms with Crippen LogP contribution in [0.4, 0.5) is 4.79 Å². The first-order valence-corrected chi connectivity index (χ1v) is 9.25. The average molecular weight is 373 g/mol. The first-order chi connectivity index (χ1) is 13.0. The van der Waals surface area contributed by atoms with Gasteiger partial charge in [0.05, 0.1) is 0 Å². The molecule has 0 radical (unpaired) electrons. The zero-order chi connectivity index (χ0) is 19.6. The summed E-state index contributed by atoms with van der Waals surface area (Å²) in [4.78, 5) is 37.7. The Labute approximate surface area is 159 Å². The summed E-state index contributed by atoms with van der Waals surface area (Å²) >= 11 is 0. The van der Waals surface area contributed by atoms with E-state index in [9.17, 15) is 19.5 Å². The van der Waals surface area contributed by atoms with Crippen LogP contribution in [-0.2, 0) is 16.0 Å². The third-order valence-corrected chi connectivity index (χ3v) is 4.67. The minimum absolute atomic E-state index is 0.295. The van der Waals surface area contributed by atoms with Gasteiger partial charge < -0.3 is 15.7 Å². The zero-order valence-corrected chi connectivity index (χ0v) is 15.4. The van der Waals surface area contributed by atoms with Gasteiger partial charge in [-0.25, -0.2) is 4.79 Å². The Morgan fingerprint density at radius 2 is 2.00 bits per heavy atom. The van der Waals surface area contributed by atoms with Gasteiger partial charge in [0.1, 0.15) is 12.1 Å². The van der Waals surface area contributed by atoms with Crippen LogP contribution in [0.3, 0.4) is 0 Å². The highest BCUT2D eigenvalue weighted by Gasteiger charge is 2.34. The van der Waals surface area contributed by atoms with Crippen molar-refractivity contribution in [2.75, 3.05) is 13.1 Å². The SMILES string of the molecule is C=CCNC(=O)C(CCc1ccccc1)NC(=O)[C@@H]1CCCCN1C(=O)O. The average Bonchev–Trinajstić information content (AvgIpc) is 2.69. The van der Waals surface area contributed by atoms with Crippen molar-refractivity contribution in [3.8, 4) is 0 Å². The largest absolute Gasteiger partial charge is 0.465 e. The molecule has 7 nitrogen and oxygen atoms in total. The molecule has 1 aliphatic heterocycles. The maximum Gasteiger partial charge on any atom is 0.407 e. The summed E-state index contributed by atoms with van der Waals surface area (Å²) in [6.45, 7) is 4.22. The standard InChI is InChI=1S/C20H27N3O4/c1-2-13-21-18(24)16(12-11-15-8-4-3-5-9-15)22-19(25)17-10-6-7-14-23(17)20(26)27/h2-5,8-9,16-17H,1,6-7,10-14H2,(H,21,24)(H,22,25)(H,26,27)/t16?,17-/m0/s1. The number of benzene rings is 1. The van der Waals surface area contributed by atoms with Gasteiger partial charge in [-0.3, -0.25) is 14.5 Å². The van der Waals surface area contributed by atoms with E-state index in [2.05, 4.69) is 17.2 Å². The third-order valence-electron chi connectivity index (χ3n) is 4.67. The normalized spacial score (nSPS) is 17.6. The molecule has 0 spiro atoms. The minimum Gasteiger partial charge on any atom is -0.465 e. The molecule has 0 aromatic heterocycles. The monoisotopic (exact) mass is 373 g/mol. The molecule has 1 unspecified atom stereocenters. The molecule has 146 valence electrons. The Balaban J connectivity index is 2.04. The predicted octanol–water partition coefficient (Wildman–Crippen LogP) is 1.94. The lowest BCUT2D eigenvalue weighted by Crippen LogP contribution is -2.56. The summed E-state index contributed by atoms with van der Waals surface area (Å²) in [5, 5.41) is 14.8. The van der Waals surface area contributed by atoms with E-state index in [1.807, 2.05) is 30.3 Å². The maximum absolute atomic E-state index is 12.7. The van der Waals surface area contributed by atoms with Gasteiger partial charge in [-0.15, -0.1) is 6.58 Å². The van der Waals surface area contributed by atoms with Crippen molar-refractivity contribution >= 4 is 17.9 Å². The Kier molecular flexibility index (Phi) is 7.85. The first kappa shape index (κ1) is 20.5. The molecule has 1 aromatic rings. The van der Waals surface area contributed by atoms with Crippen molar-refractivity contribution in [3.05, 3.63) is 48.6 Å². The molecule has 0 saturated carbocycles. The molecule has 1 aromatic carbocycles. The molecule has 27 heavy (non-hydrogen) atoms. The number of carbonyl (C=O) groups excluding carboxylic acids is 2. The Morgan fingerprint density at radius 3 is 2.67 bits per heavy atom. The second kappa shape index (κ2) is 10.4. The van der Waals surface area contributed by atoms with E-state index in [4.69, 9.17) is 0 Å². The van der Waals surface area contributed by atoms with Crippen molar-refractivity contribution in [3.63, 3.8) is 0 Å². The van der Waals surface area contributed by atoms with Crippen molar-refractivity contribution in [1.29, 1.82) is 0 Å². The Hall–Kier alpha value is -2.83. The van der Waals surface area contributed by atoms with Crippen LogP contribution in [0.25, 0.3) is 0 Å². The molecule has 2 rings (SSSR count). The van der Waals surface area contributed by atoms with Crippen molar-refractivity contribution in [2.45, 2.75) is 44.2 Å². The van der Waals surface area contributed by atoms with Gasteiger partial charge in [-0.1, -0.05) is 36.4 Å². The zero-order valence-electron chi connectivity index (χ0n) is 15.4. The molecule has 2 atom stereocenters.